The number of piperidine rings is 1. The van der Waals surface area contributed by atoms with Crippen LogP contribution in [0, 0.1) is 11.7 Å². The highest BCUT2D eigenvalue weighted by atomic mass is 19.1. The summed E-state index contributed by atoms with van der Waals surface area (Å²) in [5, 5.41) is 7.40. The Morgan fingerprint density at radius 2 is 2.00 bits per heavy atom. The number of fused-ring (bicyclic) bond motifs is 1. The van der Waals surface area contributed by atoms with Crippen molar-refractivity contribution in [3.8, 4) is 0 Å². The summed E-state index contributed by atoms with van der Waals surface area (Å²) >= 11 is 0. The van der Waals surface area contributed by atoms with Gasteiger partial charge in [0.05, 0.1) is 0 Å². The molecule has 2 heterocycles. The number of H-pyrrole nitrogens is 1. The zero-order chi connectivity index (χ0) is 20.2. The minimum absolute atomic E-state index is 0.0476. The first-order valence-electron chi connectivity index (χ1n) is 10.9. The molecule has 156 valence electrons. The van der Waals surface area contributed by atoms with Crippen molar-refractivity contribution in [1.29, 1.82) is 0 Å². The van der Waals surface area contributed by atoms with E-state index in [1.54, 1.807) is 6.07 Å². The Kier molecular flexibility index (Phi) is 6.28. The standard InChI is InChI=1S/C23H31FN4O/c1-27(23(29)22-19-7-3-5-9-21(19)25-26-22)16-17-10-13-28(14-11-17)15-12-18-6-2-4-8-20(18)24/h2,4,6,8,17H,3,5,7,9-16H2,1H3,(H,25,26). The fourth-order valence-electron chi connectivity index (χ4n) is 4.68. The summed E-state index contributed by atoms with van der Waals surface area (Å²) in [4.78, 5) is 17.2. The molecule has 1 aliphatic heterocycles. The van der Waals surface area contributed by atoms with Crippen LogP contribution in [0.15, 0.2) is 24.3 Å². The molecule has 2 aromatic rings. The third-order valence-electron chi connectivity index (χ3n) is 6.50. The number of hydrogen-bond donors (Lipinski definition) is 1. The van der Waals surface area contributed by atoms with E-state index in [4.69, 9.17) is 0 Å². The van der Waals surface area contributed by atoms with Crippen LogP contribution in [0.1, 0.15) is 53.0 Å². The fourth-order valence-corrected chi connectivity index (χ4v) is 4.68. The first-order valence-corrected chi connectivity index (χ1v) is 10.9. The van der Waals surface area contributed by atoms with Crippen LogP contribution in [0.2, 0.25) is 0 Å². The Balaban J connectivity index is 1.24. The van der Waals surface area contributed by atoms with E-state index in [1.807, 2.05) is 24.1 Å². The molecule has 29 heavy (non-hydrogen) atoms. The second-order valence-electron chi connectivity index (χ2n) is 8.55. The number of rotatable bonds is 6. The molecule has 2 aliphatic rings. The third-order valence-corrected chi connectivity index (χ3v) is 6.50. The van der Waals surface area contributed by atoms with E-state index < -0.39 is 0 Å². The lowest BCUT2D eigenvalue weighted by Gasteiger charge is -2.33. The molecule has 4 rings (SSSR count). The lowest BCUT2D eigenvalue weighted by atomic mass is 9.94. The molecule has 1 amide bonds. The number of amides is 1. The van der Waals surface area contributed by atoms with Crippen molar-refractivity contribution in [2.75, 3.05) is 33.2 Å². The van der Waals surface area contributed by atoms with Crippen molar-refractivity contribution in [2.45, 2.75) is 44.9 Å². The number of benzene rings is 1. The SMILES string of the molecule is CN(CC1CCN(CCc2ccccc2F)CC1)C(=O)c1n[nH]c2c1CCCC2. The summed E-state index contributed by atoms with van der Waals surface area (Å²) in [6.45, 7) is 3.70. The molecule has 1 fully saturated rings. The average molecular weight is 399 g/mol. The van der Waals surface area contributed by atoms with Gasteiger partial charge in [-0.15, -0.1) is 0 Å². The molecule has 5 nitrogen and oxygen atoms in total. The monoisotopic (exact) mass is 398 g/mol. The number of carbonyl (C=O) groups is 1. The second-order valence-corrected chi connectivity index (χ2v) is 8.55. The number of aromatic nitrogens is 2. The van der Waals surface area contributed by atoms with Crippen molar-refractivity contribution >= 4 is 5.91 Å². The zero-order valence-corrected chi connectivity index (χ0v) is 17.3. The summed E-state index contributed by atoms with van der Waals surface area (Å²) in [7, 11) is 1.90. The number of nitrogens with zero attached hydrogens (tertiary/aromatic N) is 3. The second kappa shape index (κ2) is 9.08. The molecule has 1 N–H and O–H groups in total. The normalized spacial score (nSPS) is 17.9. The average Bonchev–Trinajstić information content (AvgIpc) is 3.18. The molecule has 1 aromatic carbocycles. The van der Waals surface area contributed by atoms with E-state index in [0.717, 1.165) is 81.5 Å². The molecule has 1 aromatic heterocycles. The lowest BCUT2D eigenvalue weighted by Crippen LogP contribution is -2.40. The summed E-state index contributed by atoms with van der Waals surface area (Å²) < 4.78 is 13.8. The molecular formula is C23H31FN4O. The summed E-state index contributed by atoms with van der Waals surface area (Å²) in [6, 6.07) is 7.04. The first-order chi connectivity index (χ1) is 14.1. The zero-order valence-electron chi connectivity index (χ0n) is 17.3. The van der Waals surface area contributed by atoms with E-state index in [-0.39, 0.29) is 11.7 Å². The molecule has 0 bridgehead atoms. The van der Waals surface area contributed by atoms with E-state index in [9.17, 15) is 9.18 Å². The van der Waals surface area contributed by atoms with E-state index >= 15 is 0 Å². The number of aromatic amines is 1. The summed E-state index contributed by atoms with van der Waals surface area (Å²) in [5.41, 5.74) is 3.71. The van der Waals surface area contributed by atoms with Crippen LogP contribution in [-0.2, 0) is 19.3 Å². The number of likely N-dealkylation sites (tertiary alicyclic amines) is 1. The first kappa shape index (κ1) is 20.1. The Hall–Kier alpha value is -2.21. The minimum Gasteiger partial charge on any atom is -0.340 e. The molecule has 1 aliphatic carbocycles. The van der Waals surface area contributed by atoms with Crippen LogP contribution < -0.4 is 0 Å². The molecule has 6 heteroatoms. The Bertz CT molecular complexity index is 841. The molecule has 0 spiro atoms. The van der Waals surface area contributed by atoms with Gasteiger partial charge in [0.15, 0.2) is 5.69 Å². The molecule has 1 saturated heterocycles. The van der Waals surface area contributed by atoms with Gasteiger partial charge in [0, 0.05) is 31.4 Å². The van der Waals surface area contributed by atoms with Gasteiger partial charge in [-0.3, -0.25) is 9.89 Å². The van der Waals surface area contributed by atoms with Gasteiger partial charge in [-0.2, -0.15) is 5.10 Å². The van der Waals surface area contributed by atoms with Crippen LogP contribution in [0.3, 0.4) is 0 Å². The minimum atomic E-state index is -0.108. The summed E-state index contributed by atoms with van der Waals surface area (Å²) in [5.74, 6) is 0.456. The predicted molar refractivity (Wildman–Crippen MR) is 111 cm³/mol. The Morgan fingerprint density at radius 3 is 2.79 bits per heavy atom. The third kappa shape index (κ3) is 4.69. The van der Waals surface area contributed by atoms with Crippen molar-refractivity contribution < 1.29 is 9.18 Å². The van der Waals surface area contributed by atoms with Crippen molar-refractivity contribution in [3.63, 3.8) is 0 Å². The number of hydrogen-bond acceptors (Lipinski definition) is 3. The van der Waals surface area contributed by atoms with Gasteiger partial charge in [-0.1, -0.05) is 18.2 Å². The molecule has 0 atom stereocenters. The van der Waals surface area contributed by atoms with E-state index in [1.165, 1.54) is 12.5 Å². The lowest BCUT2D eigenvalue weighted by molar-refractivity contribution is 0.0733. The molecule has 0 radical (unpaired) electrons. The highest BCUT2D eigenvalue weighted by Gasteiger charge is 2.27. The molecular weight excluding hydrogens is 367 g/mol. The maximum atomic E-state index is 13.8. The maximum absolute atomic E-state index is 13.8. The fraction of sp³-hybridized carbons (Fsp3) is 0.565. The van der Waals surface area contributed by atoms with Gasteiger partial charge in [-0.25, -0.2) is 4.39 Å². The quantitative estimate of drug-likeness (QED) is 0.811. The van der Waals surface area contributed by atoms with Crippen LogP contribution >= 0.6 is 0 Å². The van der Waals surface area contributed by atoms with Gasteiger partial charge >= 0.3 is 0 Å². The molecule has 0 unspecified atom stereocenters. The van der Waals surface area contributed by atoms with Crippen LogP contribution in [0.4, 0.5) is 4.39 Å². The maximum Gasteiger partial charge on any atom is 0.274 e. The Labute approximate surface area is 172 Å². The van der Waals surface area contributed by atoms with Crippen LogP contribution in [0.5, 0.6) is 0 Å². The highest BCUT2D eigenvalue weighted by Crippen LogP contribution is 2.24. The van der Waals surface area contributed by atoms with E-state index in [2.05, 4.69) is 15.1 Å². The molecule has 0 saturated carbocycles. The number of carbonyl (C=O) groups excluding carboxylic acids is 1. The van der Waals surface area contributed by atoms with Crippen LogP contribution in [0.25, 0.3) is 0 Å². The largest absolute Gasteiger partial charge is 0.340 e. The van der Waals surface area contributed by atoms with Crippen molar-refractivity contribution in [3.05, 3.63) is 52.6 Å². The van der Waals surface area contributed by atoms with Gasteiger partial charge < -0.3 is 9.80 Å². The van der Waals surface area contributed by atoms with Gasteiger partial charge in [0.1, 0.15) is 5.82 Å². The highest BCUT2D eigenvalue weighted by molar-refractivity contribution is 5.93. The topological polar surface area (TPSA) is 52.2 Å². The van der Waals surface area contributed by atoms with Crippen molar-refractivity contribution in [2.24, 2.45) is 5.92 Å². The van der Waals surface area contributed by atoms with Gasteiger partial charge in [0.25, 0.3) is 5.91 Å². The smallest absolute Gasteiger partial charge is 0.274 e. The van der Waals surface area contributed by atoms with Gasteiger partial charge in [-0.05, 0) is 75.6 Å². The van der Waals surface area contributed by atoms with E-state index in [0.29, 0.717) is 11.6 Å². The predicted octanol–water partition coefficient (Wildman–Crippen LogP) is 3.45. The van der Waals surface area contributed by atoms with Crippen molar-refractivity contribution in [1.82, 2.24) is 20.0 Å². The number of halogens is 1. The van der Waals surface area contributed by atoms with Crippen LogP contribution in [-0.4, -0.2) is 59.1 Å². The summed E-state index contributed by atoms with van der Waals surface area (Å²) in [6.07, 6.45) is 7.18. The Morgan fingerprint density at radius 1 is 1.24 bits per heavy atom. The van der Waals surface area contributed by atoms with Gasteiger partial charge in [0.2, 0.25) is 0 Å². The number of aryl methyl sites for hydroxylation is 1. The number of nitrogens with one attached hydrogen (secondary N) is 1.